The quantitative estimate of drug-likeness (QED) is 0.723. The zero-order valence-electron chi connectivity index (χ0n) is 8.82. The average Bonchev–Trinajstić information content (AvgIpc) is 2.33. The Balaban J connectivity index is 2.18. The fourth-order valence-corrected chi connectivity index (χ4v) is 1.20. The number of amides is 2. The fourth-order valence-electron chi connectivity index (χ4n) is 1.20. The van der Waals surface area contributed by atoms with Crippen molar-refractivity contribution in [3.8, 4) is 0 Å². The monoisotopic (exact) mass is 230 g/mol. The molecule has 0 saturated heterocycles. The second-order valence-electron chi connectivity index (χ2n) is 3.19. The van der Waals surface area contributed by atoms with Crippen molar-refractivity contribution >= 4 is 11.7 Å². The molecule has 0 atom stereocenters. The molecule has 2 amide bonds. The molecule has 0 radical (unpaired) electrons. The molecule has 0 aliphatic rings. The first-order chi connectivity index (χ1) is 8.25. The summed E-state index contributed by atoms with van der Waals surface area (Å²) >= 11 is 0. The summed E-state index contributed by atoms with van der Waals surface area (Å²) in [6.45, 7) is 0. The van der Waals surface area contributed by atoms with Gasteiger partial charge >= 0.3 is 6.03 Å². The number of para-hydroxylation sites is 1. The molecule has 0 fully saturated rings. The maximum atomic E-state index is 11.5. The summed E-state index contributed by atoms with van der Waals surface area (Å²) < 4.78 is 0.720. The van der Waals surface area contributed by atoms with Gasteiger partial charge in [-0.15, -0.1) is 0 Å². The van der Waals surface area contributed by atoms with Crippen LogP contribution in [0.25, 0.3) is 0 Å². The maximum Gasteiger partial charge on any atom is 0.347 e. The molecule has 6 heteroatoms. The molecule has 1 aromatic carbocycles. The molecule has 0 unspecified atom stereocenters. The van der Waals surface area contributed by atoms with E-state index in [9.17, 15) is 10.0 Å². The summed E-state index contributed by atoms with van der Waals surface area (Å²) in [5, 5.41) is 11.9. The zero-order valence-corrected chi connectivity index (χ0v) is 8.82. The minimum absolute atomic E-state index is 0.0564. The standard InChI is InChI=1S/C11H10N4O2/c16-11(13-9-4-2-1-3-5-9)14-10-8-12-6-7-15(10)17/h1-8,17H,(H,13,16)/b14-10-. The Bertz CT molecular complexity index is 577. The van der Waals surface area contributed by atoms with Gasteiger partial charge in [-0.1, -0.05) is 18.2 Å². The Morgan fingerprint density at radius 1 is 1.35 bits per heavy atom. The van der Waals surface area contributed by atoms with Gasteiger partial charge in [0.25, 0.3) is 0 Å². The van der Waals surface area contributed by atoms with Crippen LogP contribution in [0.1, 0.15) is 0 Å². The van der Waals surface area contributed by atoms with Crippen molar-refractivity contribution in [2.24, 2.45) is 4.99 Å². The third-order valence-corrected chi connectivity index (χ3v) is 1.96. The van der Waals surface area contributed by atoms with E-state index in [4.69, 9.17) is 0 Å². The lowest BCUT2D eigenvalue weighted by atomic mass is 10.3. The number of nitrogens with one attached hydrogen (secondary N) is 1. The van der Waals surface area contributed by atoms with E-state index >= 15 is 0 Å². The van der Waals surface area contributed by atoms with Gasteiger partial charge in [0, 0.05) is 11.9 Å². The molecule has 17 heavy (non-hydrogen) atoms. The van der Waals surface area contributed by atoms with Crippen molar-refractivity contribution in [3.05, 3.63) is 54.4 Å². The van der Waals surface area contributed by atoms with Crippen molar-refractivity contribution in [2.75, 3.05) is 5.32 Å². The maximum absolute atomic E-state index is 11.5. The predicted octanol–water partition coefficient (Wildman–Crippen LogP) is 1.25. The second kappa shape index (κ2) is 4.93. The Morgan fingerprint density at radius 3 is 2.82 bits per heavy atom. The Hall–Kier alpha value is -2.63. The van der Waals surface area contributed by atoms with Crippen molar-refractivity contribution in [2.45, 2.75) is 0 Å². The van der Waals surface area contributed by atoms with Crippen molar-refractivity contribution in [1.29, 1.82) is 0 Å². The molecule has 0 saturated carbocycles. The van der Waals surface area contributed by atoms with E-state index in [1.54, 1.807) is 24.3 Å². The molecule has 86 valence electrons. The predicted molar refractivity (Wildman–Crippen MR) is 60.4 cm³/mol. The molecule has 1 aromatic heterocycles. The molecule has 6 nitrogen and oxygen atoms in total. The number of carbonyl (C=O) groups is 1. The second-order valence-corrected chi connectivity index (χ2v) is 3.19. The van der Waals surface area contributed by atoms with Crippen LogP contribution in [0.4, 0.5) is 10.5 Å². The topological polar surface area (TPSA) is 79.5 Å². The van der Waals surface area contributed by atoms with Gasteiger partial charge in [-0.05, 0) is 12.1 Å². The smallest absolute Gasteiger partial charge is 0.347 e. The summed E-state index contributed by atoms with van der Waals surface area (Å²) in [6.07, 6.45) is 3.95. The molecular formula is C11H10N4O2. The number of hydrogen-bond acceptors (Lipinski definition) is 3. The first-order valence-corrected chi connectivity index (χ1v) is 4.88. The molecule has 1 heterocycles. The molecule has 0 bridgehead atoms. The third kappa shape index (κ3) is 2.91. The van der Waals surface area contributed by atoms with E-state index < -0.39 is 6.03 Å². The Morgan fingerprint density at radius 2 is 2.12 bits per heavy atom. The Labute approximate surface area is 96.9 Å². The third-order valence-electron chi connectivity index (χ3n) is 1.96. The highest BCUT2D eigenvalue weighted by molar-refractivity contribution is 5.89. The highest BCUT2D eigenvalue weighted by atomic mass is 16.5. The van der Waals surface area contributed by atoms with E-state index in [2.05, 4.69) is 15.3 Å². The number of nitrogens with zero attached hydrogens (tertiary/aromatic N) is 3. The van der Waals surface area contributed by atoms with Gasteiger partial charge in [0.05, 0.1) is 12.4 Å². The van der Waals surface area contributed by atoms with Gasteiger partial charge < -0.3 is 10.5 Å². The van der Waals surface area contributed by atoms with Crippen molar-refractivity contribution in [1.82, 2.24) is 9.71 Å². The fraction of sp³-hybridized carbons (Fsp3) is 0. The van der Waals surface area contributed by atoms with Crippen LogP contribution in [0.15, 0.2) is 53.9 Å². The van der Waals surface area contributed by atoms with Gasteiger partial charge in [0.15, 0.2) is 5.49 Å². The van der Waals surface area contributed by atoms with Gasteiger partial charge in [-0.2, -0.15) is 9.72 Å². The summed E-state index contributed by atoms with van der Waals surface area (Å²) in [6, 6.07) is 8.34. The van der Waals surface area contributed by atoms with E-state index in [1.807, 2.05) is 6.07 Å². The van der Waals surface area contributed by atoms with Gasteiger partial charge in [-0.3, -0.25) is 4.98 Å². The largest absolute Gasteiger partial charge is 0.427 e. The van der Waals surface area contributed by atoms with Gasteiger partial charge in [-0.25, -0.2) is 4.79 Å². The van der Waals surface area contributed by atoms with Crippen LogP contribution >= 0.6 is 0 Å². The molecule has 2 N–H and O–H groups in total. The van der Waals surface area contributed by atoms with E-state index in [-0.39, 0.29) is 5.49 Å². The van der Waals surface area contributed by atoms with E-state index in [0.717, 1.165) is 4.73 Å². The molecule has 0 spiro atoms. The SMILES string of the molecule is O=C(/N=c1/cnccn1O)Nc1ccccc1. The summed E-state index contributed by atoms with van der Waals surface area (Å²) in [7, 11) is 0. The van der Waals surface area contributed by atoms with Gasteiger partial charge in [0.1, 0.15) is 0 Å². The lowest BCUT2D eigenvalue weighted by molar-refractivity contribution is 0.170. The number of aromatic nitrogens is 2. The normalized spacial score (nSPS) is 11.2. The number of urea groups is 1. The van der Waals surface area contributed by atoms with Crippen LogP contribution in [0.2, 0.25) is 0 Å². The van der Waals surface area contributed by atoms with Gasteiger partial charge in [0.2, 0.25) is 0 Å². The summed E-state index contributed by atoms with van der Waals surface area (Å²) in [5.41, 5.74) is 0.690. The molecule has 2 rings (SSSR count). The summed E-state index contributed by atoms with van der Waals surface area (Å²) in [4.78, 5) is 18.9. The number of hydrogen-bond donors (Lipinski definition) is 2. The molecular weight excluding hydrogens is 220 g/mol. The number of anilines is 1. The lowest BCUT2D eigenvalue weighted by Crippen LogP contribution is -2.22. The van der Waals surface area contributed by atoms with E-state index in [1.165, 1.54) is 18.6 Å². The van der Waals surface area contributed by atoms with Crippen LogP contribution in [0, 0.1) is 0 Å². The highest BCUT2D eigenvalue weighted by Gasteiger charge is 1.99. The molecule has 0 aliphatic heterocycles. The number of rotatable bonds is 1. The summed E-state index contributed by atoms with van der Waals surface area (Å²) in [5.74, 6) is 0. The number of carbonyl (C=O) groups excluding carboxylic acids is 1. The van der Waals surface area contributed by atoms with Crippen molar-refractivity contribution < 1.29 is 10.0 Å². The van der Waals surface area contributed by atoms with E-state index in [0.29, 0.717) is 5.69 Å². The first-order valence-electron chi connectivity index (χ1n) is 4.88. The van der Waals surface area contributed by atoms with Crippen LogP contribution in [0.3, 0.4) is 0 Å². The first kappa shape index (κ1) is 10.9. The lowest BCUT2D eigenvalue weighted by Gasteiger charge is -2.00. The van der Waals surface area contributed by atoms with Crippen molar-refractivity contribution in [3.63, 3.8) is 0 Å². The minimum Gasteiger partial charge on any atom is -0.427 e. The van der Waals surface area contributed by atoms with Crippen LogP contribution in [-0.2, 0) is 0 Å². The number of benzene rings is 1. The highest BCUT2D eigenvalue weighted by Crippen LogP contribution is 2.04. The molecule has 0 aliphatic carbocycles. The van der Waals surface area contributed by atoms with Crippen LogP contribution < -0.4 is 10.8 Å². The van der Waals surface area contributed by atoms with Crippen LogP contribution in [0.5, 0.6) is 0 Å². The minimum atomic E-state index is -0.577. The molecule has 2 aromatic rings. The van der Waals surface area contributed by atoms with Crippen LogP contribution in [-0.4, -0.2) is 21.0 Å². The zero-order chi connectivity index (χ0) is 12.1. The Kier molecular flexibility index (Phi) is 3.15. The average molecular weight is 230 g/mol.